The zero-order valence-electron chi connectivity index (χ0n) is 15.2. The van der Waals surface area contributed by atoms with Crippen LogP contribution in [0.3, 0.4) is 0 Å². The number of hydrazine groups is 1. The van der Waals surface area contributed by atoms with Crippen LogP contribution in [-0.2, 0) is 11.2 Å². The largest absolute Gasteiger partial charge is 0.494 e. The van der Waals surface area contributed by atoms with Crippen LogP contribution in [0.1, 0.15) is 35.7 Å². The van der Waals surface area contributed by atoms with E-state index in [-0.39, 0.29) is 18.2 Å². The summed E-state index contributed by atoms with van der Waals surface area (Å²) in [4.78, 5) is 27.4. The van der Waals surface area contributed by atoms with Gasteiger partial charge in [0.2, 0.25) is 5.91 Å². The average molecular weight is 365 g/mol. The lowest BCUT2D eigenvalue weighted by Gasteiger charge is -2.09. The fourth-order valence-electron chi connectivity index (χ4n) is 2.73. The third kappa shape index (κ3) is 4.88. The summed E-state index contributed by atoms with van der Waals surface area (Å²) < 4.78 is 5.57. The summed E-state index contributed by atoms with van der Waals surface area (Å²) in [5.41, 5.74) is 7.21. The van der Waals surface area contributed by atoms with Gasteiger partial charge >= 0.3 is 0 Å². The lowest BCUT2D eigenvalue weighted by Crippen LogP contribution is -2.42. The molecular formula is C21H23N3O3. The van der Waals surface area contributed by atoms with Crippen molar-refractivity contribution < 1.29 is 14.3 Å². The molecule has 0 fully saturated rings. The fraction of sp³-hybridized carbons (Fsp3) is 0.238. The number of aromatic amines is 1. The van der Waals surface area contributed by atoms with Crippen molar-refractivity contribution in [3.63, 3.8) is 0 Å². The van der Waals surface area contributed by atoms with Crippen molar-refractivity contribution in [1.82, 2.24) is 15.8 Å². The standard InChI is InChI=1S/C21H23N3O3/c1-2-3-12-27-17-10-8-15(9-11-17)21(26)24-23-20(25)13-16-14-22-19-7-5-4-6-18(16)19/h4-11,14,22H,2-3,12-13H2,1H3,(H,23,25)(H,24,26). The highest BCUT2D eigenvalue weighted by Gasteiger charge is 2.11. The highest BCUT2D eigenvalue weighted by atomic mass is 16.5. The van der Waals surface area contributed by atoms with E-state index in [1.165, 1.54) is 0 Å². The second-order valence-corrected chi connectivity index (χ2v) is 6.26. The Bertz CT molecular complexity index is 916. The van der Waals surface area contributed by atoms with Crippen molar-refractivity contribution in [1.29, 1.82) is 0 Å². The van der Waals surface area contributed by atoms with Gasteiger partial charge in [-0.3, -0.25) is 20.4 Å². The monoisotopic (exact) mass is 365 g/mol. The molecule has 2 aromatic carbocycles. The number of nitrogens with one attached hydrogen (secondary N) is 3. The van der Waals surface area contributed by atoms with Crippen LogP contribution < -0.4 is 15.6 Å². The van der Waals surface area contributed by atoms with E-state index in [9.17, 15) is 9.59 Å². The molecule has 1 heterocycles. The molecule has 0 aliphatic heterocycles. The Kier molecular flexibility index (Phi) is 6.10. The first-order valence-electron chi connectivity index (χ1n) is 9.04. The molecule has 2 amide bonds. The van der Waals surface area contributed by atoms with E-state index >= 15 is 0 Å². The molecule has 0 atom stereocenters. The number of H-pyrrole nitrogens is 1. The summed E-state index contributed by atoms with van der Waals surface area (Å²) in [6.07, 6.45) is 4.04. The molecule has 27 heavy (non-hydrogen) atoms. The van der Waals surface area contributed by atoms with Gasteiger partial charge in [0.1, 0.15) is 5.75 Å². The van der Waals surface area contributed by atoms with Gasteiger partial charge in [-0.05, 0) is 42.3 Å². The second-order valence-electron chi connectivity index (χ2n) is 6.26. The third-order valence-electron chi connectivity index (χ3n) is 4.22. The molecule has 0 radical (unpaired) electrons. The van der Waals surface area contributed by atoms with Crippen molar-refractivity contribution >= 4 is 22.7 Å². The van der Waals surface area contributed by atoms with Gasteiger partial charge in [0, 0.05) is 22.7 Å². The molecular weight excluding hydrogens is 342 g/mol. The predicted octanol–water partition coefficient (Wildman–Crippen LogP) is 3.35. The van der Waals surface area contributed by atoms with E-state index in [1.54, 1.807) is 24.3 Å². The van der Waals surface area contributed by atoms with Gasteiger partial charge in [0.25, 0.3) is 5.91 Å². The molecule has 3 rings (SSSR count). The van der Waals surface area contributed by atoms with Crippen molar-refractivity contribution in [2.75, 3.05) is 6.61 Å². The molecule has 0 saturated carbocycles. The van der Waals surface area contributed by atoms with Gasteiger partial charge < -0.3 is 9.72 Å². The maximum atomic E-state index is 12.2. The number of amides is 2. The van der Waals surface area contributed by atoms with Crippen molar-refractivity contribution in [2.45, 2.75) is 26.2 Å². The number of carbonyl (C=O) groups excluding carboxylic acids is 2. The summed E-state index contributed by atoms with van der Waals surface area (Å²) in [6, 6.07) is 14.6. The molecule has 0 spiro atoms. The molecule has 1 aromatic heterocycles. The van der Waals surface area contributed by atoms with E-state index in [0.29, 0.717) is 12.2 Å². The van der Waals surface area contributed by atoms with Gasteiger partial charge in [0.05, 0.1) is 13.0 Å². The number of para-hydroxylation sites is 1. The normalized spacial score (nSPS) is 10.6. The second kappa shape index (κ2) is 8.89. The van der Waals surface area contributed by atoms with Crippen molar-refractivity contribution in [3.05, 3.63) is 65.9 Å². The summed E-state index contributed by atoms with van der Waals surface area (Å²) in [6.45, 7) is 2.76. The molecule has 0 aliphatic rings. The minimum atomic E-state index is -0.373. The van der Waals surface area contributed by atoms with E-state index in [1.807, 2.05) is 30.5 Å². The summed E-state index contributed by atoms with van der Waals surface area (Å²) in [7, 11) is 0. The van der Waals surface area contributed by atoms with Crippen LogP contribution in [0.25, 0.3) is 10.9 Å². The minimum absolute atomic E-state index is 0.175. The molecule has 0 bridgehead atoms. The van der Waals surface area contributed by atoms with Crippen LogP contribution in [0.2, 0.25) is 0 Å². The third-order valence-corrected chi connectivity index (χ3v) is 4.22. The molecule has 3 N–H and O–H groups in total. The highest BCUT2D eigenvalue weighted by Crippen LogP contribution is 2.18. The fourth-order valence-corrected chi connectivity index (χ4v) is 2.73. The van der Waals surface area contributed by atoms with Crippen LogP contribution in [0, 0.1) is 0 Å². The highest BCUT2D eigenvalue weighted by molar-refractivity contribution is 5.96. The van der Waals surface area contributed by atoms with E-state index in [4.69, 9.17) is 4.74 Å². The van der Waals surface area contributed by atoms with Crippen LogP contribution >= 0.6 is 0 Å². The zero-order chi connectivity index (χ0) is 19.1. The van der Waals surface area contributed by atoms with Crippen LogP contribution in [-0.4, -0.2) is 23.4 Å². The molecule has 3 aromatic rings. The Morgan fingerprint density at radius 1 is 1.04 bits per heavy atom. The minimum Gasteiger partial charge on any atom is -0.494 e. The number of aromatic nitrogens is 1. The number of hydrogen-bond donors (Lipinski definition) is 3. The van der Waals surface area contributed by atoms with Gasteiger partial charge in [-0.25, -0.2) is 0 Å². The lowest BCUT2D eigenvalue weighted by atomic mass is 10.1. The number of unbranched alkanes of at least 4 members (excludes halogenated alkanes) is 1. The smallest absolute Gasteiger partial charge is 0.269 e. The van der Waals surface area contributed by atoms with Gasteiger partial charge in [-0.2, -0.15) is 0 Å². The first-order chi connectivity index (χ1) is 13.2. The Balaban J connectivity index is 1.50. The molecule has 140 valence electrons. The topological polar surface area (TPSA) is 83.2 Å². The Morgan fingerprint density at radius 3 is 2.59 bits per heavy atom. The van der Waals surface area contributed by atoms with E-state index in [0.717, 1.165) is 35.1 Å². The molecule has 0 unspecified atom stereocenters. The first-order valence-corrected chi connectivity index (χ1v) is 9.04. The van der Waals surface area contributed by atoms with Crippen LogP contribution in [0.4, 0.5) is 0 Å². The summed E-state index contributed by atoms with van der Waals surface area (Å²) in [5.74, 6) is 0.0679. The predicted molar refractivity (Wildman–Crippen MR) is 104 cm³/mol. The number of rotatable bonds is 7. The zero-order valence-corrected chi connectivity index (χ0v) is 15.2. The van der Waals surface area contributed by atoms with E-state index in [2.05, 4.69) is 22.8 Å². The molecule has 0 aliphatic carbocycles. The summed E-state index contributed by atoms with van der Waals surface area (Å²) >= 11 is 0. The molecule has 0 saturated heterocycles. The van der Waals surface area contributed by atoms with Crippen molar-refractivity contribution in [2.24, 2.45) is 0 Å². The number of hydrogen-bond acceptors (Lipinski definition) is 3. The quantitative estimate of drug-likeness (QED) is 0.443. The maximum absolute atomic E-state index is 12.2. The number of benzene rings is 2. The number of fused-ring (bicyclic) bond motifs is 1. The Hall–Kier alpha value is -3.28. The number of carbonyl (C=O) groups is 2. The first kappa shape index (κ1) is 18.5. The maximum Gasteiger partial charge on any atom is 0.269 e. The van der Waals surface area contributed by atoms with Gasteiger partial charge in [0.15, 0.2) is 0 Å². The van der Waals surface area contributed by atoms with Gasteiger partial charge in [-0.1, -0.05) is 31.5 Å². The van der Waals surface area contributed by atoms with E-state index < -0.39 is 0 Å². The van der Waals surface area contributed by atoms with Crippen molar-refractivity contribution in [3.8, 4) is 5.75 Å². The SMILES string of the molecule is CCCCOc1ccc(C(=O)NNC(=O)Cc2c[nH]c3ccccc23)cc1. The lowest BCUT2D eigenvalue weighted by molar-refractivity contribution is -0.121. The number of ether oxygens (including phenoxy) is 1. The van der Waals surface area contributed by atoms with Crippen LogP contribution in [0.5, 0.6) is 5.75 Å². The summed E-state index contributed by atoms with van der Waals surface area (Å²) in [5, 5.41) is 0.998. The average Bonchev–Trinajstić information content (AvgIpc) is 3.10. The molecule has 6 heteroatoms. The molecule has 6 nitrogen and oxygen atoms in total. The van der Waals surface area contributed by atoms with Gasteiger partial charge in [-0.15, -0.1) is 0 Å². The van der Waals surface area contributed by atoms with Crippen LogP contribution in [0.15, 0.2) is 54.7 Å². The Morgan fingerprint density at radius 2 is 1.81 bits per heavy atom. The Labute approximate surface area is 157 Å².